The highest BCUT2D eigenvalue weighted by Crippen LogP contribution is 2.41. The first-order valence-electron chi connectivity index (χ1n) is 11.7. The van der Waals surface area contributed by atoms with Gasteiger partial charge < -0.3 is 15.5 Å². The molecule has 1 aliphatic carbocycles. The molecule has 4 rings (SSSR count). The van der Waals surface area contributed by atoms with Crippen LogP contribution < -0.4 is 15.5 Å². The molecular formula is C24H29ClF3N5S. The number of alkyl halides is 3. The Kier molecular flexibility index (Phi) is 7.52. The maximum Gasteiger partial charge on any atom is 0.433 e. The van der Waals surface area contributed by atoms with Crippen LogP contribution in [0.15, 0.2) is 30.3 Å². The van der Waals surface area contributed by atoms with Gasteiger partial charge in [0.25, 0.3) is 0 Å². The zero-order valence-corrected chi connectivity index (χ0v) is 20.7. The zero-order chi connectivity index (χ0) is 24.3. The lowest BCUT2D eigenvalue weighted by atomic mass is 9.79. The highest BCUT2D eigenvalue weighted by molar-refractivity contribution is 7.80. The van der Waals surface area contributed by atoms with Crippen LogP contribution in [0.25, 0.3) is 0 Å². The molecule has 2 N–H and O–H groups in total. The van der Waals surface area contributed by atoms with Crippen molar-refractivity contribution in [2.45, 2.75) is 57.0 Å². The highest BCUT2D eigenvalue weighted by atomic mass is 35.5. The molecule has 184 valence electrons. The summed E-state index contributed by atoms with van der Waals surface area (Å²) in [6.45, 7) is 3.98. The van der Waals surface area contributed by atoms with Gasteiger partial charge in [-0.2, -0.15) is 18.2 Å². The van der Waals surface area contributed by atoms with E-state index in [0.717, 1.165) is 50.2 Å². The maximum absolute atomic E-state index is 13.6. The summed E-state index contributed by atoms with van der Waals surface area (Å²) in [6, 6.07) is 8.85. The van der Waals surface area contributed by atoms with Crippen LogP contribution in [0.3, 0.4) is 0 Å². The van der Waals surface area contributed by atoms with Crippen LogP contribution in [-0.2, 0) is 11.6 Å². The molecule has 2 heterocycles. The zero-order valence-electron chi connectivity index (χ0n) is 19.1. The van der Waals surface area contributed by atoms with E-state index < -0.39 is 11.9 Å². The minimum Gasteiger partial charge on any atom is -0.361 e. The second kappa shape index (κ2) is 10.2. The number of anilines is 2. The van der Waals surface area contributed by atoms with Crippen LogP contribution in [0.5, 0.6) is 0 Å². The number of nitrogens with one attached hydrogen (secondary N) is 2. The number of rotatable bonds is 5. The predicted molar refractivity (Wildman–Crippen MR) is 133 cm³/mol. The molecule has 2 fully saturated rings. The van der Waals surface area contributed by atoms with Gasteiger partial charge in [-0.15, -0.1) is 0 Å². The molecule has 2 aliphatic rings. The van der Waals surface area contributed by atoms with Crippen molar-refractivity contribution >= 4 is 40.7 Å². The Morgan fingerprint density at radius 3 is 2.65 bits per heavy atom. The van der Waals surface area contributed by atoms with Gasteiger partial charge in [0.1, 0.15) is 5.82 Å². The van der Waals surface area contributed by atoms with Gasteiger partial charge in [0.2, 0.25) is 5.95 Å². The Balaban J connectivity index is 1.50. The van der Waals surface area contributed by atoms with Crippen LogP contribution in [0.1, 0.15) is 56.7 Å². The Labute approximate surface area is 208 Å². The van der Waals surface area contributed by atoms with Gasteiger partial charge in [-0.05, 0) is 61.5 Å². The molecule has 0 radical (unpaired) electrons. The number of benzene rings is 1. The Bertz CT molecular complexity index is 1030. The lowest BCUT2D eigenvalue weighted by Gasteiger charge is -2.32. The van der Waals surface area contributed by atoms with E-state index in [4.69, 9.17) is 23.8 Å². The van der Waals surface area contributed by atoms with Gasteiger partial charge in [0.15, 0.2) is 10.8 Å². The van der Waals surface area contributed by atoms with E-state index in [-0.39, 0.29) is 22.3 Å². The van der Waals surface area contributed by atoms with Gasteiger partial charge in [0.05, 0.1) is 0 Å². The molecule has 10 heteroatoms. The summed E-state index contributed by atoms with van der Waals surface area (Å²) in [5, 5.41) is 6.87. The minimum atomic E-state index is -4.58. The average molecular weight is 512 g/mol. The van der Waals surface area contributed by atoms with Crippen molar-refractivity contribution in [1.82, 2.24) is 15.3 Å². The van der Waals surface area contributed by atoms with Crippen molar-refractivity contribution in [3.05, 3.63) is 46.6 Å². The van der Waals surface area contributed by atoms with E-state index in [9.17, 15) is 13.2 Å². The van der Waals surface area contributed by atoms with E-state index in [1.165, 1.54) is 0 Å². The minimum absolute atomic E-state index is 0.125. The number of halogens is 4. The summed E-state index contributed by atoms with van der Waals surface area (Å²) in [5.41, 5.74) is 0.0392. The summed E-state index contributed by atoms with van der Waals surface area (Å²) in [4.78, 5) is 9.97. The predicted octanol–water partition coefficient (Wildman–Crippen LogP) is 6.18. The number of nitrogens with zero attached hydrogens (tertiary/aromatic N) is 3. The van der Waals surface area contributed by atoms with Crippen LogP contribution in [-0.4, -0.2) is 34.7 Å². The van der Waals surface area contributed by atoms with Crippen molar-refractivity contribution in [1.29, 1.82) is 0 Å². The van der Waals surface area contributed by atoms with E-state index in [2.05, 4.69) is 33.6 Å². The van der Waals surface area contributed by atoms with Crippen molar-refractivity contribution in [3.63, 3.8) is 0 Å². The largest absolute Gasteiger partial charge is 0.433 e. The van der Waals surface area contributed by atoms with Crippen molar-refractivity contribution in [3.8, 4) is 0 Å². The quantitative estimate of drug-likeness (QED) is 0.467. The molecule has 2 aromatic rings. The fourth-order valence-electron chi connectivity index (χ4n) is 5.03. The first-order valence-corrected chi connectivity index (χ1v) is 12.5. The molecule has 0 bridgehead atoms. The maximum atomic E-state index is 13.6. The van der Waals surface area contributed by atoms with Crippen molar-refractivity contribution in [2.75, 3.05) is 29.9 Å². The third-order valence-electron chi connectivity index (χ3n) is 6.79. The van der Waals surface area contributed by atoms with Crippen LogP contribution in [0.4, 0.5) is 24.9 Å². The van der Waals surface area contributed by atoms with Gasteiger partial charge in [-0.3, -0.25) is 0 Å². The third kappa shape index (κ3) is 5.92. The van der Waals surface area contributed by atoms with E-state index in [1.54, 1.807) is 0 Å². The fraction of sp³-hybridized carbons (Fsp3) is 0.542. The summed E-state index contributed by atoms with van der Waals surface area (Å²) in [6.07, 6.45) is 1.57. The fourth-order valence-corrected chi connectivity index (χ4v) is 5.38. The Morgan fingerprint density at radius 2 is 1.97 bits per heavy atom. The van der Waals surface area contributed by atoms with Gasteiger partial charge in [0, 0.05) is 36.1 Å². The van der Waals surface area contributed by atoms with E-state index in [1.807, 2.05) is 23.1 Å². The van der Waals surface area contributed by atoms with Crippen molar-refractivity contribution in [2.24, 2.45) is 5.92 Å². The van der Waals surface area contributed by atoms with Gasteiger partial charge in [-0.25, -0.2) is 4.98 Å². The third-order valence-corrected chi connectivity index (χ3v) is 7.28. The van der Waals surface area contributed by atoms with Crippen LogP contribution in [0.2, 0.25) is 5.02 Å². The standard InChI is InChI=1S/C24H29ClF3N5S/c1-16-6-5-11-33(14-16)20-13-19(24(26,27)28)30-21(31-20)32-22(34)29-15-23(9-2-3-10-23)17-7-4-8-18(25)12-17/h4,7-8,12-13,16H,2-3,5-6,9-11,14-15H2,1H3,(H2,29,30,31,32,34)/t16-/m1/s1. The summed E-state index contributed by atoms with van der Waals surface area (Å²) in [5.74, 6) is 0.514. The first kappa shape index (κ1) is 25.0. The Morgan fingerprint density at radius 1 is 1.21 bits per heavy atom. The molecule has 1 aromatic heterocycles. The molecule has 5 nitrogen and oxygen atoms in total. The smallest absolute Gasteiger partial charge is 0.361 e. The second-order valence-electron chi connectivity index (χ2n) is 9.43. The number of piperidine rings is 1. The SMILES string of the molecule is C[C@@H]1CCCN(c2cc(C(F)(F)F)nc(NC(=S)NCC3(c4cccc(Cl)c4)CCCC3)n2)C1. The lowest BCUT2D eigenvalue weighted by Crippen LogP contribution is -2.41. The lowest BCUT2D eigenvalue weighted by molar-refractivity contribution is -0.141. The molecular weight excluding hydrogens is 483 g/mol. The molecule has 0 spiro atoms. The average Bonchev–Trinajstić information content (AvgIpc) is 3.27. The molecule has 1 saturated carbocycles. The number of hydrogen-bond donors (Lipinski definition) is 2. The number of aromatic nitrogens is 2. The van der Waals surface area contributed by atoms with Gasteiger partial charge in [-0.1, -0.05) is 43.5 Å². The van der Waals surface area contributed by atoms with Crippen LogP contribution >= 0.6 is 23.8 Å². The highest BCUT2D eigenvalue weighted by Gasteiger charge is 2.37. The molecule has 0 amide bonds. The van der Waals surface area contributed by atoms with Crippen molar-refractivity contribution < 1.29 is 13.2 Å². The number of thiocarbonyl (C=S) groups is 1. The number of hydrogen-bond acceptors (Lipinski definition) is 4. The van der Waals surface area contributed by atoms with Crippen LogP contribution in [0, 0.1) is 5.92 Å². The Hall–Kier alpha value is -2.13. The molecule has 1 aromatic carbocycles. The monoisotopic (exact) mass is 511 g/mol. The molecule has 1 atom stereocenters. The molecule has 1 aliphatic heterocycles. The molecule has 34 heavy (non-hydrogen) atoms. The normalized spacial score (nSPS) is 20.3. The summed E-state index contributed by atoms with van der Waals surface area (Å²) >= 11 is 11.7. The van der Waals surface area contributed by atoms with Gasteiger partial charge >= 0.3 is 6.18 Å². The topological polar surface area (TPSA) is 53.1 Å². The summed E-state index contributed by atoms with van der Waals surface area (Å²) < 4.78 is 40.7. The first-order chi connectivity index (χ1) is 16.1. The van der Waals surface area contributed by atoms with E-state index in [0.29, 0.717) is 30.6 Å². The molecule has 1 saturated heterocycles. The molecule has 0 unspecified atom stereocenters. The summed E-state index contributed by atoms with van der Waals surface area (Å²) in [7, 11) is 0. The van der Waals surface area contributed by atoms with E-state index >= 15 is 0 Å². The second-order valence-corrected chi connectivity index (χ2v) is 10.3.